The Hall–Kier alpha value is -3.53. The summed E-state index contributed by atoms with van der Waals surface area (Å²) < 4.78 is 30.0. The monoisotopic (exact) mass is 392 g/mol. The van der Waals surface area contributed by atoms with Crippen LogP contribution >= 0.6 is 0 Å². The smallest absolute Gasteiger partial charge is 0.254 e. The quantitative estimate of drug-likeness (QED) is 0.680. The van der Waals surface area contributed by atoms with Crippen molar-refractivity contribution < 1.29 is 13.6 Å². The summed E-state index contributed by atoms with van der Waals surface area (Å²) in [6, 6.07) is 12.0. The lowest BCUT2D eigenvalue weighted by atomic mass is 9.82. The van der Waals surface area contributed by atoms with Crippen LogP contribution in [-0.4, -0.2) is 20.4 Å². The number of nitrogens with zero attached hydrogens (tertiary/aromatic N) is 4. The van der Waals surface area contributed by atoms with E-state index in [4.69, 9.17) is 5.26 Å². The fraction of sp³-hybridized carbons (Fsp3) is 0.227. The Labute approximate surface area is 166 Å². The molecule has 0 aliphatic carbocycles. The molecule has 146 valence electrons. The average molecular weight is 392 g/mol. The molecule has 1 amide bonds. The first-order chi connectivity index (χ1) is 14.0. The Morgan fingerprint density at radius 3 is 2.62 bits per heavy atom. The van der Waals surface area contributed by atoms with Gasteiger partial charge in [-0.1, -0.05) is 25.1 Å². The summed E-state index contributed by atoms with van der Waals surface area (Å²) in [5, 5.41) is 9.05. The van der Waals surface area contributed by atoms with Crippen LogP contribution in [0.3, 0.4) is 0 Å². The molecule has 1 aliphatic rings. The van der Waals surface area contributed by atoms with Gasteiger partial charge >= 0.3 is 0 Å². The summed E-state index contributed by atoms with van der Waals surface area (Å²) in [6.07, 6.45) is 3.51. The first kappa shape index (κ1) is 18.8. The van der Waals surface area contributed by atoms with Crippen molar-refractivity contribution in [3.05, 3.63) is 89.0 Å². The van der Waals surface area contributed by atoms with Gasteiger partial charge in [-0.25, -0.2) is 13.8 Å². The van der Waals surface area contributed by atoms with Crippen LogP contribution < -0.4 is 0 Å². The molecule has 1 unspecified atom stereocenters. The highest BCUT2D eigenvalue weighted by Crippen LogP contribution is 2.39. The van der Waals surface area contributed by atoms with E-state index in [2.05, 4.69) is 4.98 Å². The van der Waals surface area contributed by atoms with Crippen LogP contribution in [0, 0.1) is 23.0 Å². The lowest BCUT2D eigenvalue weighted by Crippen LogP contribution is -2.55. The van der Waals surface area contributed by atoms with Gasteiger partial charge in [0.05, 0.1) is 30.2 Å². The van der Waals surface area contributed by atoms with Crippen LogP contribution in [-0.2, 0) is 23.4 Å². The van der Waals surface area contributed by atoms with Crippen molar-refractivity contribution in [1.29, 1.82) is 5.26 Å². The molecule has 3 aromatic rings. The van der Waals surface area contributed by atoms with Gasteiger partial charge in [0.2, 0.25) is 0 Å². The van der Waals surface area contributed by atoms with Gasteiger partial charge in [-0.3, -0.25) is 4.79 Å². The van der Waals surface area contributed by atoms with Gasteiger partial charge in [0, 0.05) is 18.3 Å². The predicted molar refractivity (Wildman–Crippen MR) is 101 cm³/mol. The van der Waals surface area contributed by atoms with Crippen molar-refractivity contribution in [1.82, 2.24) is 14.5 Å². The predicted octanol–water partition coefficient (Wildman–Crippen LogP) is 3.73. The molecule has 1 aliphatic heterocycles. The second-order valence-corrected chi connectivity index (χ2v) is 7.06. The van der Waals surface area contributed by atoms with Crippen LogP contribution in [0.1, 0.15) is 35.7 Å². The third kappa shape index (κ3) is 2.97. The lowest BCUT2D eigenvalue weighted by Gasteiger charge is -2.43. The Bertz CT molecular complexity index is 1120. The lowest BCUT2D eigenvalue weighted by molar-refractivity contribution is -0.143. The summed E-state index contributed by atoms with van der Waals surface area (Å²) in [5.74, 6) is -1.22. The van der Waals surface area contributed by atoms with E-state index in [1.165, 1.54) is 24.3 Å². The number of nitriles is 1. The van der Waals surface area contributed by atoms with E-state index in [0.717, 1.165) is 17.3 Å². The standard InChI is InChI=1S/C22H18F2N4O/c1-2-22(19-8-5-16(10-25)9-20(19)24)21(29)27(13-18-11-26-14-28(18)22)12-15-3-6-17(23)7-4-15/h3-9,11,14H,2,12-13H2,1H3. The first-order valence-corrected chi connectivity index (χ1v) is 9.25. The summed E-state index contributed by atoms with van der Waals surface area (Å²) in [6.45, 7) is 2.40. The number of aromatic nitrogens is 2. The molecule has 0 saturated heterocycles. The molecule has 2 aromatic carbocycles. The van der Waals surface area contributed by atoms with Gasteiger partial charge in [0.15, 0.2) is 5.54 Å². The summed E-state index contributed by atoms with van der Waals surface area (Å²) in [5.41, 5.74) is 0.638. The highest BCUT2D eigenvalue weighted by atomic mass is 19.1. The van der Waals surface area contributed by atoms with E-state index >= 15 is 4.39 Å². The molecule has 0 N–H and O–H groups in total. The minimum Gasteiger partial charge on any atom is -0.330 e. The zero-order valence-corrected chi connectivity index (χ0v) is 15.8. The molecule has 4 rings (SSSR count). The van der Waals surface area contributed by atoms with Crippen LogP contribution in [0.25, 0.3) is 0 Å². The Morgan fingerprint density at radius 2 is 1.97 bits per heavy atom. The molecule has 7 heteroatoms. The minimum atomic E-state index is -1.30. The van der Waals surface area contributed by atoms with Gasteiger partial charge in [-0.05, 0) is 36.2 Å². The van der Waals surface area contributed by atoms with Gasteiger partial charge in [-0.2, -0.15) is 5.26 Å². The van der Waals surface area contributed by atoms with Crippen molar-refractivity contribution in [3.8, 4) is 6.07 Å². The van der Waals surface area contributed by atoms with Crippen LogP contribution in [0.4, 0.5) is 8.78 Å². The maximum Gasteiger partial charge on any atom is 0.254 e. The zero-order valence-electron chi connectivity index (χ0n) is 15.8. The number of rotatable bonds is 4. The summed E-state index contributed by atoms with van der Waals surface area (Å²) >= 11 is 0. The molecule has 1 aromatic heterocycles. The first-order valence-electron chi connectivity index (χ1n) is 9.25. The molecular formula is C22H18F2N4O. The van der Waals surface area contributed by atoms with Crippen LogP contribution in [0.2, 0.25) is 0 Å². The van der Waals surface area contributed by atoms with Crippen LogP contribution in [0.5, 0.6) is 0 Å². The van der Waals surface area contributed by atoms with E-state index in [0.29, 0.717) is 13.0 Å². The molecule has 0 saturated carbocycles. The van der Waals surface area contributed by atoms with Crippen molar-refractivity contribution in [3.63, 3.8) is 0 Å². The van der Waals surface area contributed by atoms with Crippen molar-refractivity contribution in [2.24, 2.45) is 0 Å². The van der Waals surface area contributed by atoms with E-state index in [1.807, 2.05) is 13.0 Å². The van der Waals surface area contributed by atoms with Crippen molar-refractivity contribution in [2.45, 2.75) is 32.0 Å². The third-order valence-corrected chi connectivity index (χ3v) is 5.46. The number of benzene rings is 2. The molecule has 0 spiro atoms. The largest absolute Gasteiger partial charge is 0.330 e. The second-order valence-electron chi connectivity index (χ2n) is 7.06. The third-order valence-electron chi connectivity index (χ3n) is 5.46. The molecule has 0 fully saturated rings. The van der Waals surface area contributed by atoms with Gasteiger partial charge in [-0.15, -0.1) is 0 Å². The van der Waals surface area contributed by atoms with E-state index in [9.17, 15) is 9.18 Å². The summed E-state index contributed by atoms with van der Waals surface area (Å²) in [4.78, 5) is 19.5. The van der Waals surface area contributed by atoms with Gasteiger partial charge in [0.1, 0.15) is 11.6 Å². The number of fused-ring (bicyclic) bond motifs is 1. The van der Waals surface area contributed by atoms with Gasteiger partial charge < -0.3 is 9.47 Å². The Balaban J connectivity index is 1.83. The Morgan fingerprint density at radius 1 is 1.21 bits per heavy atom. The number of carbonyl (C=O) groups is 1. The Kier molecular flexibility index (Phi) is 4.63. The summed E-state index contributed by atoms with van der Waals surface area (Å²) in [7, 11) is 0. The average Bonchev–Trinajstić information content (AvgIpc) is 3.20. The maximum atomic E-state index is 15.0. The second kappa shape index (κ2) is 7.13. The zero-order chi connectivity index (χ0) is 20.6. The molecule has 29 heavy (non-hydrogen) atoms. The van der Waals surface area contributed by atoms with E-state index in [1.54, 1.807) is 34.1 Å². The van der Waals surface area contributed by atoms with E-state index in [-0.39, 0.29) is 29.4 Å². The number of imidazole rings is 1. The number of hydrogen-bond acceptors (Lipinski definition) is 3. The van der Waals surface area contributed by atoms with E-state index < -0.39 is 11.4 Å². The molecule has 0 radical (unpaired) electrons. The van der Waals surface area contributed by atoms with Gasteiger partial charge in [0.25, 0.3) is 5.91 Å². The number of halogens is 2. The van der Waals surface area contributed by atoms with Crippen LogP contribution in [0.15, 0.2) is 55.0 Å². The normalized spacial score (nSPS) is 18.4. The topological polar surface area (TPSA) is 61.9 Å². The fourth-order valence-electron chi connectivity index (χ4n) is 4.03. The number of amides is 1. The highest BCUT2D eigenvalue weighted by Gasteiger charge is 2.48. The number of hydrogen-bond donors (Lipinski definition) is 0. The molecular weight excluding hydrogens is 374 g/mol. The fourth-order valence-corrected chi connectivity index (χ4v) is 4.03. The molecule has 1 atom stereocenters. The van der Waals surface area contributed by atoms with Crippen molar-refractivity contribution >= 4 is 5.91 Å². The van der Waals surface area contributed by atoms with Crippen molar-refractivity contribution in [2.75, 3.05) is 0 Å². The molecule has 2 heterocycles. The number of carbonyl (C=O) groups excluding carboxylic acids is 1. The highest BCUT2D eigenvalue weighted by molar-refractivity contribution is 5.89. The molecule has 0 bridgehead atoms. The SMILES string of the molecule is CCC1(c2ccc(C#N)cc2F)C(=O)N(Cc2ccc(F)cc2)Cc2cncn21. The minimum absolute atomic E-state index is 0.190. The maximum absolute atomic E-state index is 15.0. The molecule has 5 nitrogen and oxygen atoms in total.